The number of hydrogen-bond donors (Lipinski definition) is 0. The maximum atomic E-state index is 11.7. The van der Waals surface area contributed by atoms with Crippen molar-refractivity contribution in [3.8, 4) is 11.5 Å². The molecule has 0 bridgehead atoms. The van der Waals surface area contributed by atoms with Gasteiger partial charge in [0.25, 0.3) is 0 Å². The molecule has 1 saturated heterocycles. The van der Waals surface area contributed by atoms with E-state index in [1.807, 2.05) is 6.07 Å². The second kappa shape index (κ2) is 5.87. The lowest BCUT2D eigenvalue weighted by Gasteiger charge is -2.15. The summed E-state index contributed by atoms with van der Waals surface area (Å²) in [6, 6.07) is 5.36. The lowest BCUT2D eigenvalue weighted by atomic mass is 10.1. The van der Waals surface area contributed by atoms with Crippen molar-refractivity contribution in [2.75, 3.05) is 20.3 Å². The number of hydrogen-bond acceptors (Lipinski definition) is 4. The first-order valence-electron chi connectivity index (χ1n) is 6.14. The number of ether oxygens (including phenoxy) is 3. The van der Waals surface area contributed by atoms with E-state index in [0.717, 1.165) is 19.4 Å². The molecule has 98 valence electrons. The molecule has 1 heterocycles. The van der Waals surface area contributed by atoms with E-state index < -0.39 is 0 Å². The van der Waals surface area contributed by atoms with Crippen LogP contribution >= 0.6 is 0 Å². The summed E-state index contributed by atoms with van der Waals surface area (Å²) >= 11 is 0. The van der Waals surface area contributed by atoms with Gasteiger partial charge in [0.1, 0.15) is 23.7 Å². The molecule has 1 atom stereocenters. The van der Waals surface area contributed by atoms with Gasteiger partial charge in [0, 0.05) is 6.61 Å². The molecule has 0 amide bonds. The van der Waals surface area contributed by atoms with E-state index in [2.05, 4.69) is 0 Å². The third-order valence-corrected chi connectivity index (χ3v) is 3.01. The lowest BCUT2D eigenvalue weighted by molar-refractivity contribution is 0.0671. The zero-order valence-corrected chi connectivity index (χ0v) is 10.8. The molecule has 0 N–H and O–H groups in total. The van der Waals surface area contributed by atoms with Crippen molar-refractivity contribution in [1.29, 1.82) is 0 Å². The van der Waals surface area contributed by atoms with Gasteiger partial charge in [-0.3, -0.25) is 4.79 Å². The Bertz CT molecular complexity index is 422. The van der Waals surface area contributed by atoms with Gasteiger partial charge in [-0.2, -0.15) is 0 Å². The summed E-state index contributed by atoms with van der Waals surface area (Å²) in [6.45, 7) is 2.79. The van der Waals surface area contributed by atoms with Crippen LogP contribution < -0.4 is 9.47 Å². The minimum absolute atomic E-state index is 0.0604. The van der Waals surface area contributed by atoms with E-state index in [1.165, 1.54) is 6.92 Å². The summed E-state index contributed by atoms with van der Waals surface area (Å²) in [6.07, 6.45) is 2.22. The summed E-state index contributed by atoms with van der Waals surface area (Å²) in [5.74, 6) is 1.06. The minimum atomic E-state index is -0.0604. The number of carbonyl (C=O) groups is 1. The van der Waals surface area contributed by atoms with Gasteiger partial charge in [-0.05, 0) is 31.9 Å². The number of Topliss-reactive ketones (excluding diaryl/α,β-unsaturated/α-hetero) is 1. The predicted molar refractivity (Wildman–Crippen MR) is 67.5 cm³/mol. The van der Waals surface area contributed by atoms with Crippen LogP contribution in [-0.2, 0) is 4.74 Å². The molecule has 2 rings (SSSR count). The average Bonchev–Trinajstić information content (AvgIpc) is 2.88. The van der Waals surface area contributed by atoms with Gasteiger partial charge in [0.05, 0.1) is 13.2 Å². The predicted octanol–water partition coefficient (Wildman–Crippen LogP) is 2.46. The monoisotopic (exact) mass is 250 g/mol. The SMILES string of the molecule is COc1cccc(OCC2CCCO2)c1C(C)=O. The van der Waals surface area contributed by atoms with Crippen molar-refractivity contribution in [1.82, 2.24) is 0 Å². The van der Waals surface area contributed by atoms with E-state index in [1.54, 1.807) is 19.2 Å². The number of rotatable bonds is 5. The van der Waals surface area contributed by atoms with Crippen LogP contribution in [-0.4, -0.2) is 32.2 Å². The fraction of sp³-hybridized carbons (Fsp3) is 0.500. The minimum Gasteiger partial charge on any atom is -0.496 e. The van der Waals surface area contributed by atoms with Crippen molar-refractivity contribution in [3.05, 3.63) is 23.8 Å². The molecule has 1 aromatic carbocycles. The molecule has 0 aliphatic carbocycles. The molecule has 18 heavy (non-hydrogen) atoms. The van der Waals surface area contributed by atoms with E-state index >= 15 is 0 Å². The highest BCUT2D eigenvalue weighted by atomic mass is 16.5. The number of benzene rings is 1. The van der Waals surface area contributed by atoms with Crippen molar-refractivity contribution >= 4 is 5.78 Å². The van der Waals surface area contributed by atoms with Gasteiger partial charge in [-0.1, -0.05) is 6.07 Å². The second-order valence-corrected chi connectivity index (χ2v) is 4.34. The van der Waals surface area contributed by atoms with Crippen molar-refractivity contribution in [2.24, 2.45) is 0 Å². The summed E-state index contributed by atoms with van der Waals surface area (Å²) < 4.78 is 16.4. The van der Waals surface area contributed by atoms with Crippen LogP contribution in [0.3, 0.4) is 0 Å². The molecule has 0 spiro atoms. The maximum absolute atomic E-state index is 11.7. The average molecular weight is 250 g/mol. The van der Waals surface area contributed by atoms with Crippen LogP contribution in [0, 0.1) is 0 Å². The summed E-state index contributed by atoms with van der Waals surface area (Å²) in [5.41, 5.74) is 0.498. The summed E-state index contributed by atoms with van der Waals surface area (Å²) in [4.78, 5) is 11.7. The molecule has 0 radical (unpaired) electrons. The number of ketones is 1. The van der Waals surface area contributed by atoms with Crippen LogP contribution in [0.4, 0.5) is 0 Å². The van der Waals surface area contributed by atoms with E-state index in [4.69, 9.17) is 14.2 Å². The van der Waals surface area contributed by atoms with Crippen LogP contribution in [0.2, 0.25) is 0 Å². The molecular formula is C14H18O4. The molecule has 1 fully saturated rings. The fourth-order valence-electron chi connectivity index (χ4n) is 2.11. The summed E-state index contributed by atoms with van der Waals surface area (Å²) in [5, 5.41) is 0. The maximum Gasteiger partial charge on any atom is 0.167 e. The van der Waals surface area contributed by atoms with Crippen LogP contribution in [0.1, 0.15) is 30.1 Å². The third-order valence-electron chi connectivity index (χ3n) is 3.01. The van der Waals surface area contributed by atoms with Crippen molar-refractivity contribution in [2.45, 2.75) is 25.9 Å². The first kappa shape index (κ1) is 12.9. The molecular weight excluding hydrogens is 232 g/mol. The van der Waals surface area contributed by atoms with Crippen molar-refractivity contribution in [3.63, 3.8) is 0 Å². The van der Waals surface area contributed by atoms with E-state index in [9.17, 15) is 4.79 Å². The van der Waals surface area contributed by atoms with Gasteiger partial charge >= 0.3 is 0 Å². The molecule has 1 aliphatic heterocycles. The highest BCUT2D eigenvalue weighted by Crippen LogP contribution is 2.29. The molecule has 1 unspecified atom stereocenters. The Morgan fingerprint density at radius 1 is 1.44 bits per heavy atom. The van der Waals surface area contributed by atoms with Crippen molar-refractivity contribution < 1.29 is 19.0 Å². The fourth-order valence-corrected chi connectivity index (χ4v) is 2.11. The van der Waals surface area contributed by atoms with Gasteiger partial charge in [-0.15, -0.1) is 0 Å². The lowest BCUT2D eigenvalue weighted by Crippen LogP contribution is -2.17. The Hall–Kier alpha value is -1.55. The largest absolute Gasteiger partial charge is 0.496 e. The molecule has 4 heteroatoms. The molecule has 1 aliphatic rings. The van der Waals surface area contributed by atoms with E-state index in [-0.39, 0.29) is 11.9 Å². The number of carbonyl (C=O) groups excluding carboxylic acids is 1. The van der Waals surface area contributed by atoms with Crippen LogP contribution in [0.5, 0.6) is 11.5 Å². The first-order chi connectivity index (χ1) is 8.72. The zero-order valence-electron chi connectivity index (χ0n) is 10.8. The highest BCUT2D eigenvalue weighted by Gasteiger charge is 2.19. The normalized spacial score (nSPS) is 18.7. The van der Waals surface area contributed by atoms with Crippen LogP contribution in [0.15, 0.2) is 18.2 Å². The standard InChI is InChI=1S/C14H18O4/c1-10(15)14-12(16-2)6-3-7-13(14)18-9-11-5-4-8-17-11/h3,6-7,11H,4-5,8-9H2,1-2H3. The van der Waals surface area contributed by atoms with Gasteiger partial charge in [-0.25, -0.2) is 0 Å². The topological polar surface area (TPSA) is 44.8 Å². The second-order valence-electron chi connectivity index (χ2n) is 4.34. The Morgan fingerprint density at radius 2 is 2.22 bits per heavy atom. The smallest absolute Gasteiger partial charge is 0.167 e. The highest BCUT2D eigenvalue weighted by molar-refractivity contribution is 5.99. The molecule has 4 nitrogen and oxygen atoms in total. The Kier molecular flexibility index (Phi) is 4.20. The van der Waals surface area contributed by atoms with Gasteiger partial charge in [0.15, 0.2) is 5.78 Å². The molecule has 1 aromatic rings. The Labute approximate surface area is 107 Å². The van der Waals surface area contributed by atoms with Crippen LogP contribution in [0.25, 0.3) is 0 Å². The zero-order chi connectivity index (χ0) is 13.0. The first-order valence-corrected chi connectivity index (χ1v) is 6.14. The molecule has 0 aromatic heterocycles. The number of methoxy groups -OCH3 is 1. The van der Waals surface area contributed by atoms with E-state index in [0.29, 0.717) is 23.7 Å². The third kappa shape index (κ3) is 2.82. The quantitative estimate of drug-likeness (QED) is 0.753. The van der Waals surface area contributed by atoms with Gasteiger partial charge in [0.2, 0.25) is 0 Å². The molecule has 0 saturated carbocycles. The van der Waals surface area contributed by atoms with Gasteiger partial charge < -0.3 is 14.2 Å². The Balaban J connectivity index is 2.13. The Morgan fingerprint density at radius 3 is 2.83 bits per heavy atom. The summed E-state index contributed by atoms with van der Waals surface area (Å²) in [7, 11) is 1.55.